The second kappa shape index (κ2) is 13.5. The van der Waals surface area contributed by atoms with E-state index in [4.69, 9.17) is 4.74 Å². The molecule has 1 heterocycles. The van der Waals surface area contributed by atoms with Gasteiger partial charge in [-0.05, 0) is 43.4 Å². The summed E-state index contributed by atoms with van der Waals surface area (Å²) in [4.78, 5) is 21.7. The zero-order valence-corrected chi connectivity index (χ0v) is 21.3. The molecule has 0 atom stereocenters. The average Bonchev–Trinajstić information content (AvgIpc) is 3.46. The predicted octanol–water partition coefficient (Wildman–Crippen LogP) is 2.93. The normalized spacial score (nSPS) is 13.3. The van der Waals surface area contributed by atoms with Crippen molar-refractivity contribution in [3.63, 3.8) is 0 Å². The van der Waals surface area contributed by atoms with Gasteiger partial charge in [-0.2, -0.15) is 0 Å². The molecule has 1 aromatic carbocycles. The van der Waals surface area contributed by atoms with Gasteiger partial charge >= 0.3 is 0 Å². The van der Waals surface area contributed by atoms with Crippen molar-refractivity contribution in [2.45, 2.75) is 45.1 Å². The molecule has 0 aliphatic heterocycles. The minimum atomic E-state index is -0.0506. The highest BCUT2D eigenvalue weighted by molar-refractivity contribution is 14.0. The lowest BCUT2D eigenvalue weighted by atomic mass is 10.1. The van der Waals surface area contributed by atoms with Gasteiger partial charge in [-0.15, -0.1) is 35.3 Å². The highest BCUT2D eigenvalue weighted by atomic mass is 127. The number of thiazole rings is 1. The number of carbonyl (C=O) groups is 1. The van der Waals surface area contributed by atoms with Crippen molar-refractivity contribution in [2.24, 2.45) is 4.99 Å². The molecule has 1 aliphatic carbocycles. The number of ether oxygens (including phenoxy) is 1. The summed E-state index contributed by atoms with van der Waals surface area (Å²) in [5.74, 6) is 1.46. The molecule has 0 spiro atoms. The molecular formula is C22H32IN5O2S. The number of guanidine groups is 1. The lowest BCUT2D eigenvalue weighted by Gasteiger charge is -2.12. The van der Waals surface area contributed by atoms with E-state index in [-0.39, 0.29) is 36.5 Å². The number of rotatable bonds is 11. The number of aromatic nitrogens is 1. The van der Waals surface area contributed by atoms with Crippen LogP contribution in [0.2, 0.25) is 0 Å². The van der Waals surface area contributed by atoms with Crippen LogP contribution >= 0.6 is 35.3 Å². The Morgan fingerprint density at radius 2 is 1.90 bits per heavy atom. The molecule has 1 saturated carbocycles. The van der Waals surface area contributed by atoms with Crippen LogP contribution in [0.5, 0.6) is 5.75 Å². The van der Waals surface area contributed by atoms with Gasteiger partial charge in [0.05, 0.1) is 5.01 Å². The summed E-state index contributed by atoms with van der Waals surface area (Å²) in [6.07, 6.45) is 6.94. The fraction of sp³-hybridized carbons (Fsp3) is 0.500. The lowest BCUT2D eigenvalue weighted by molar-refractivity contribution is -0.123. The number of aryl methyl sites for hydroxylation is 1. The molecule has 1 fully saturated rings. The monoisotopic (exact) mass is 557 g/mol. The van der Waals surface area contributed by atoms with Crippen LogP contribution in [0.1, 0.15) is 35.2 Å². The van der Waals surface area contributed by atoms with Crippen molar-refractivity contribution < 1.29 is 9.53 Å². The Morgan fingerprint density at radius 1 is 1.19 bits per heavy atom. The van der Waals surface area contributed by atoms with E-state index in [0.717, 1.165) is 56.2 Å². The topological polar surface area (TPSA) is 87.6 Å². The Morgan fingerprint density at radius 3 is 2.52 bits per heavy atom. The average molecular weight is 558 g/mol. The van der Waals surface area contributed by atoms with E-state index in [1.54, 1.807) is 18.4 Å². The van der Waals surface area contributed by atoms with Gasteiger partial charge in [-0.1, -0.05) is 19.1 Å². The second-order valence-corrected chi connectivity index (χ2v) is 8.47. The van der Waals surface area contributed by atoms with E-state index in [2.05, 4.69) is 32.9 Å². The summed E-state index contributed by atoms with van der Waals surface area (Å²) < 4.78 is 5.54. The number of hydrogen-bond donors (Lipinski definition) is 3. The third-order valence-corrected chi connectivity index (χ3v) is 5.95. The molecule has 31 heavy (non-hydrogen) atoms. The Kier molecular flexibility index (Phi) is 11.1. The van der Waals surface area contributed by atoms with E-state index in [0.29, 0.717) is 11.8 Å². The van der Waals surface area contributed by atoms with Gasteiger partial charge in [0.2, 0.25) is 0 Å². The first-order chi connectivity index (χ1) is 14.7. The smallest absolute Gasteiger partial charge is 0.258 e. The van der Waals surface area contributed by atoms with Crippen LogP contribution < -0.4 is 20.7 Å². The van der Waals surface area contributed by atoms with Crippen LogP contribution in [0.25, 0.3) is 0 Å². The highest BCUT2D eigenvalue weighted by Gasteiger charge is 2.23. The number of carbonyl (C=O) groups excluding carboxylic acids is 1. The van der Waals surface area contributed by atoms with E-state index < -0.39 is 0 Å². The predicted molar refractivity (Wildman–Crippen MR) is 137 cm³/mol. The molecule has 0 bridgehead atoms. The van der Waals surface area contributed by atoms with E-state index >= 15 is 0 Å². The van der Waals surface area contributed by atoms with E-state index in [1.807, 2.05) is 30.5 Å². The summed E-state index contributed by atoms with van der Waals surface area (Å²) in [7, 11) is 1.78. The fourth-order valence-corrected chi connectivity index (χ4v) is 3.72. The van der Waals surface area contributed by atoms with Gasteiger partial charge in [-0.25, -0.2) is 4.98 Å². The Bertz CT molecular complexity index is 837. The quantitative estimate of drug-likeness (QED) is 0.225. The van der Waals surface area contributed by atoms with Crippen LogP contribution in [0, 0.1) is 0 Å². The van der Waals surface area contributed by atoms with Crippen molar-refractivity contribution >= 4 is 47.2 Å². The number of amides is 1. The first kappa shape index (κ1) is 25.4. The molecule has 0 saturated heterocycles. The molecule has 170 valence electrons. The highest BCUT2D eigenvalue weighted by Crippen LogP contribution is 2.18. The number of nitrogens with zero attached hydrogens (tertiary/aromatic N) is 2. The van der Waals surface area contributed by atoms with Crippen LogP contribution in [-0.2, 0) is 24.1 Å². The van der Waals surface area contributed by atoms with Gasteiger partial charge in [0.25, 0.3) is 5.91 Å². The van der Waals surface area contributed by atoms with Crippen molar-refractivity contribution in [3.8, 4) is 5.75 Å². The Labute approximate surface area is 205 Å². The molecule has 7 nitrogen and oxygen atoms in total. The first-order valence-electron chi connectivity index (χ1n) is 10.6. The van der Waals surface area contributed by atoms with E-state index in [9.17, 15) is 4.79 Å². The number of nitrogens with one attached hydrogen (secondary N) is 3. The SMILES string of the molecule is CCc1cnc(CCNC(=NC)NCCc2ccc(OCC(=O)NC3CC3)cc2)s1.I. The van der Waals surface area contributed by atoms with Crippen LogP contribution in [0.15, 0.2) is 35.5 Å². The van der Waals surface area contributed by atoms with Crippen molar-refractivity contribution in [3.05, 3.63) is 45.9 Å². The van der Waals surface area contributed by atoms with Crippen molar-refractivity contribution in [1.29, 1.82) is 0 Å². The molecular weight excluding hydrogens is 525 g/mol. The number of benzene rings is 1. The summed E-state index contributed by atoms with van der Waals surface area (Å²) in [6, 6.07) is 8.24. The minimum Gasteiger partial charge on any atom is -0.484 e. The molecule has 2 aromatic rings. The number of halogens is 1. The van der Waals surface area contributed by atoms with Crippen LogP contribution in [-0.4, -0.2) is 49.6 Å². The zero-order chi connectivity index (χ0) is 21.2. The maximum absolute atomic E-state index is 11.7. The molecule has 0 radical (unpaired) electrons. The molecule has 3 rings (SSSR count). The molecule has 3 N–H and O–H groups in total. The molecule has 9 heteroatoms. The minimum absolute atomic E-state index is 0. The van der Waals surface area contributed by atoms with Gasteiger partial charge in [0.1, 0.15) is 5.75 Å². The lowest BCUT2D eigenvalue weighted by Crippen LogP contribution is -2.39. The zero-order valence-electron chi connectivity index (χ0n) is 18.1. The van der Waals surface area contributed by atoms with Gasteiger partial charge in [-0.3, -0.25) is 9.79 Å². The Balaban J connectivity index is 0.00000341. The van der Waals surface area contributed by atoms with Crippen LogP contribution in [0.3, 0.4) is 0 Å². The third-order valence-electron chi connectivity index (χ3n) is 4.75. The van der Waals surface area contributed by atoms with Gasteiger partial charge in [0, 0.05) is 43.7 Å². The second-order valence-electron chi connectivity index (χ2n) is 7.27. The third kappa shape index (κ3) is 9.42. The maximum atomic E-state index is 11.7. The maximum Gasteiger partial charge on any atom is 0.258 e. The summed E-state index contributed by atoms with van der Waals surface area (Å²) in [6.45, 7) is 3.80. The summed E-state index contributed by atoms with van der Waals surface area (Å²) in [5.41, 5.74) is 1.20. The largest absolute Gasteiger partial charge is 0.484 e. The molecule has 1 amide bonds. The number of hydrogen-bond acceptors (Lipinski definition) is 5. The van der Waals surface area contributed by atoms with Gasteiger partial charge < -0.3 is 20.7 Å². The van der Waals surface area contributed by atoms with E-state index in [1.165, 1.54) is 10.4 Å². The van der Waals surface area contributed by atoms with Crippen molar-refractivity contribution in [2.75, 3.05) is 26.7 Å². The number of aliphatic imine (C=N–C) groups is 1. The summed E-state index contributed by atoms with van der Waals surface area (Å²) in [5, 5.41) is 10.7. The standard InChI is InChI=1S/C22H31N5O2S.HI/c1-3-19-14-26-21(30-19)11-13-25-22(23-2)24-12-10-16-4-8-18(9-5-16)29-15-20(28)27-17-6-7-17;/h4-5,8-9,14,17H,3,6-7,10-13,15H2,1-2H3,(H,27,28)(H2,23,24,25);1H. The molecule has 1 aliphatic rings. The van der Waals surface area contributed by atoms with Crippen molar-refractivity contribution in [1.82, 2.24) is 20.9 Å². The molecule has 0 unspecified atom stereocenters. The Hall–Kier alpha value is -1.88. The first-order valence-corrected chi connectivity index (χ1v) is 11.4. The fourth-order valence-electron chi connectivity index (χ4n) is 2.86. The van der Waals surface area contributed by atoms with Gasteiger partial charge in [0.15, 0.2) is 12.6 Å². The van der Waals surface area contributed by atoms with Crippen LogP contribution in [0.4, 0.5) is 0 Å². The molecule has 1 aromatic heterocycles. The summed E-state index contributed by atoms with van der Waals surface area (Å²) >= 11 is 1.77.